The first-order chi connectivity index (χ1) is 28.6. The van der Waals surface area contributed by atoms with Crippen LogP contribution in [0.25, 0.3) is 22.1 Å². The fourth-order valence-electron chi connectivity index (χ4n) is 6.23. The molecule has 2 aliphatic rings. The summed E-state index contributed by atoms with van der Waals surface area (Å²) < 4.78 is 9.86. The number of fused-ring (bicyclic) bond motifs is 2. The SMILES string of the molecule is CCOC(=O)c1c(Cl)c2cncnc2[nH]c1=O.CCOC(=O)c1c(N2CCN(C(=O)c3cccs3)CC2)c2cncnc2[nH]c1=O.O=C(c1cccs1)N1CCNCC1. The Morgan fingerprint density at radius 1 is 0.712 bits per heavy atom. The number of carbonyl (C=O) groups is 4. The summed E-state index contributed by atoms with van der Waals surface area (Å²) in [6, 6.07) is 7.46. The molecule has 0 aliphatic carbocycles. The number of halogens is 1. The molecule has 2 saturated heterocycles. The number of aromatic nitrogens is 6. The lowest BCUT2D eigenvalue weighted by Gasteiger charge is -2.36. The van der Waals surface area contributed by atoms with Gasteiger partial charge in [0.15, 0.2) is 0 Å². The van der Waals surface area contributed by atoms with Crippen LogP contribution >= 0.6 is 34.3 Å². The van der Waals surface area contributed by atoms with E-state index in [1.165, 1.54) is 41.5 Å². The van der Waals surface area contributed by atoms with E-state index < -0.39 is 23.1 Å². The van der Waals surface area contributed by atoms with Crippen LogP contribution in [-0.4, -0.2) is 129 Å². The molecular formula is C38H39ClN10O8S2. The van der Waals surface area contributed by atoms with E-state index in [9.17, 15) is 28.8 Å². The Labute approximate surface area is 349 Å². The molecule has 0 saturated carbocycles. The van der Waals surface area contributed by atoms with E-state index in [0.717, 1.165) is 31.1 Å². The van der Waals surface area contributed by atoms with Crippen molar-refractivity contribution in [3.05, 3.63) is 107 Å². The van der Waals surface area contributed by atoms with Crippen LogP contribution in [0.1, 0.15) is 53.9 Å². The van der Waals surface area contributed by atoms with E-state index in [1.807, 2.05) is 38.8 Å². The quantitative estimate of drug-likeness (QED) is 0.196. The Morgan fingerprint density at radius 2 is 1.20 bits per heavy atom. The lowest BCUT2D eigenvalue weighted by atomic mass is 10.1. The molecule has 6 aromatic heterocycles. The van der Waals surface area contributed by atoms with Crippen molar-refractivity contribution in [3.8, 4) is 0 Å². The van der Waals surface area contributed by atoms with Crippen LogP contribution in [0.5, 0.6) is 0 Å². The number of pyridine rings is 2. The molecule has 0 aromatic carbocycles. The number of amides is 2. The van der Waals surface area contributed by atoms with Crippen molar-refractivity contribution < 1.29 is 28.7 Å². The van der Waals surface area contributed by atoms with Crippen molar-refractivity contribution in [2.24, 2.45) is 0 Å². The Bertz CT molecular complexity index is 2540. The molecule has 2 aliphatic heterocycles. The van der Waals surface area contributed by atoms with Crippen molar-refractivity contribution in [1.82, 2.24) is 45.0 Å². The van der Waals surface area contributed by atoms with Gasteiger partial charge in [0.1, 0.15) is 35.1 Å². The normalized spacial score (nSPS) is 13.8. The van der Waals surface area contributed by atoms with E-state index in [2.05, 4.69) is 35.2 Å². The van der Waals surface area contributed by atoms with E-state index in [0.29, 0.717) is 53.2 Å². The fourth-order valence-corrected chi connectivity index (χ4v) is 7.91. The standard InChI is InChI=1S/C19H19N5O4S.C10H8ClN3O3.C9H12N2OS/c1-2-28-19(27)14-15(12-10-20-11-21-16(12)22-17(14)25)23-5-7-24(8-6-23)18(26)13-4-3-9-29-13;1-2-17-10(16)6-7(11)5-3-12-4-13-8(5)14-9(6)15;12-9(8-2-1-7-13-8)11-5-3-10-4-6-11/h3-4,9-11H,2,5-8H2,1H3,(H,20,21,22,25);3-4H,2H2,1H3,(H,12,13,14,15);1-2,7,10H,3-6H2. The second kappa shape index (κ2) is 20.1. The van der Waals surface area contributed by atoms with Gasteiger partial charge < -0.3 is 39.5 Å². The first-order valence-electron chi connectivity index (χ1n) is 18.5. The highest BCUT2D eigenvalue weighted by Gasteiger charge is 2.30. The van der Waals surface area contributed by atoms with Crippen LogP contribution in [0.3, 0.4) is 0 Å². The lowest BCUT2D eigenvalue weighted by molar-refractivity contribution is 0.0515. The molecule has 3 N–H and O–H groups in total. The van der Waals surface area contributed by atoms with Gasteiger partial charge in [-0.2, -0.15) is 0 Å². The zero-order valence-corrected chi connectivity index (χ0v) is 34.3. The van der Waals surface area contributed by atoms with Gasteiger partial charge in [0.05, 0.1) is 44.5 Å². The van der Waals surface area contributed by atoms with Gasteiger partial charge in [-0.15, -0.1) is 22.7 Å². The highest BCUT2D eigenvalue weighted by atomic mass is 35.5. The summed E-state index contributed by atoms with van der Waals surface area (Å²) >= 11 is 8.90. The van der Waals surface area contributed by atoms with Crippen LogP contribution < -0.4 is 21.3 Å². The highest BCUT2D eigenvalue weighted by Crippen LogP contribution is 2.28. The number of nitrogens with zero attached hydrogens (tertiary/aromatic N) is 7. The van der Waals surface area contributed by atoms with Crippen LogP contribution in [-0.2, 0) is 9.47 Å². The number of H-pyrrole nitrogens is 2. The number of nitrogens with one attached hydrogen (secondary N) is 3. The van der Waals surface area contributed by atoms with Gasteiger partial charge in [0.2, 0.25) is 0 Å². The van der Waals surface area contributed by atoms with Crippen molar-refractivity contribution in [1.29, 1.82) is 0 Å². The number of hydrogen-bond acceptors (Lipinski definition) is 16. The summed E-state index contributed by atoms with van der Waals surface area (Å²) in [6.07, 6.45) is 5.60. The molecule has 6 aromatic rings. The molecular weight excluding hydrogens is 824 g/mol. The van der Waals surface area contributed by atoms with Gasteiger partial charge in [-0.25, -0.2) is 29.5 Å². The van der Waals surface area contributed by atoms with Crippen LogP contribution in [0.15, 0.2) is 69.7 Å². The van der Waals surface area contributed by atoms with Crippen LogP contribution in [0.4, 0.5) is 5.69 Å². The predicted molar refractivity (Wildman–Crippen MR) is 223 cm³/mol. The largest absolute Gasteiger partial charge is 0.462 e. The lowest BCUT2D eigenvalue weighted by Crippen LogP contribution is -2.49. The number of hydrogen-bond donors (Lipinski definition) is 3. The molecule has 0 atom stereocenters. The van der Waals surface area contributed by atoms with Crippen molar-refractivity contribution >= 4 is 85.8 Å². The fraction of sp³-hybridized carbons (Fsp3) is 0.316. The molecule has 0 radical (unpaired) electrons. The number of esters is 2. The first kappa shape index (κ1) is 42.5. The van der Waals surface area contributed by atoms with Gasteiger partial charge in [-0.1, -0.05) is 23.7 Å². The number of carbonyl (C=O) groups excluding carboxylic acids is 4. The molecule has 21 heteroatoms. The smallest absolute Gasteiger partial charge is 0.345 e. The molecule has 59 heavy (non-hydrogen) atoms. The van der Waals surface area contributed by atoms with Gasteiger partial charge >= 0.3 is 11.9 Å². The third-order valence-corrected chi connectivity index (χ3v) is 11.1. The van der Waals surface area contributed by atoms with Crippen molar-refractivity contribution in [3.63, 3.8) is 0 Å². The molecule has 308 valence electrons. The third kappa shape index (κ3) is 9.97. The summed E-state index contributed by atoms with van der Waals surface area (Å²) in [4.78, 5) is 101. The topological polar surface area (TPSA) is 226 Å². The minimum Gasteiger partial charge on any atom is -0.462 e. The maximum Gasteiger partial charge on any atom is 0.345 e. The molecule has 18 nitrogen and oxygen atoms in total. The number of thiophene rings is 2. The molecule has 0 unspecified atom stereocenters. The van der Waals surface area contributed by atoms with Crippen molar-refractivity contribution in [2.45, 2.75) is 13.8 Å². The van der Waals surface area contributed by atoms with Gasteiger partial charge in [0.25, 0.3) is 22.9 Å². The van der Waals surface area contributed by atoms with Crippen LogP contribution in [0.2, 0.25) is 5.02 Å². The number of anilines is 1. The van der Waals surface area contributed by atoms with E-state index in [-0.39, 0.29) is 46.8 Å². The molecule has 8 rings (SSSR count). The summed E-state index contributed by atoms with van der Waals surface area (Å²) in [5, 5.41) is 8.00. The summed E-state index contributed by atoms with van der Waals surface area (Å²) in [7, 11) is 0. The van der Waals surface area contributed by atoms with Crippen LogP contribution in [0, 0.1) is 0 Å². The number of rotatable bonds is 7. The summed E-state index contributed by atoms with van der Waals surface area (Å²) in [5.74, 6) is -1.28. The Hall–Kier alpha value is -6.09. The summed E-state index contributed by atoms with van der Waals surface area (Å²) in [5.41, 5.74) is -0.386. The second-order valence-corrected chi connectivity index (χ2v) is 14.9. The predicted octanol–water partition coefficient (Wildman–Crippen LogP) is 3.46. The maximum absolute atomic E-state index is 12.6. The van der Waals surface area contributed by atoms with E-state index in [1.54, 1.807) is 31.0 Å². The summed E-state index contributed by atoms with van der Waals surface area (Å²) in [6.45, 7) is 9.02. The minimum absolute atomic E-state index is 0.00259. The van der Waals surface area contributed by atoms with E-state index >= 15 is 0 Å². The highest BCUT2D eigenvalue weighted by molar-refractivity contribution is 7.12. The number of ether oxygens (including phenoxy) is 2. The Balaban J connectivity index is 0.000000165. The monoisotopic (exact) mass is 862 g/mol. The average Bonchev–Trinajstić information content (AvgIpc) is 4.00. The number of aromatic amines is 2. The van der Waals surface area contributed by atoms with Crippen molar-refractivity contribution in [2.75, 3.05) is 70.5 Å². The third-order valence-electron chi connectivity index (χ3n) is 9.00. The Kier molecular flexibility index (Phi) is 14.4. The number of piperazine rings is 2. The average molecular weight is 863 g/mol. The zero-order chi connectivity index (χ0) is 41.9. The molecule has 2 amide bonds. The first-order valence-corrected chi connectivity index (χ1v) is 20.6. The van der Waals surface area contributed by atoms with Gasteiger partial charge in [-0.05, 0) is 36.7 Å². The minimum atomic E-state index is -0.760. The molecule has 0 bridgehead atoms. The molecule has 0 spiro atoms. The maximum atomic E-state index is 12.6. The van der Waals surface area contributed by atoms with Gasteiger partial charge in [-0.3, -0.25) is 19.2 Å². The molecule has 8 heterocycles. The molecule has 2 fully saturated rings. The zero-order valence-electron chi connectivity index (χ0n) is 31.9. The van der Waals surface area contributed by atoms with E-state index in [4.69, 9.17) is 21.1 Å². The Morgan fingerprint density at radius 3 is 1.73 bits per heavy atom. The van der Waals surface area contributed by atoms with Gasteiger partial charge in [0, 0.05) is 64.8 Å². The second-order valence-electron chi connectivity index (χ2n) is 12.6.